The molecule has 0 aliphatic carbocycles. The van der Waals surface area contributed by atoms with Crippen molar-refractivity contribution in [1.29, 1.82) is 0 Å². The Kier molecular flexibility index (Phi) is 4.86. The van der Waals surface area contributed by atoms with Crippen LogP contribution < -0.4 is 9.47 Å². The number of carbonyl (C=O) groups excluding carboxylic acids is 1. The van der Waals surface area contributed by atoms with Crippen LogP contribution in [0.1, 0.15) is 48.8 Å². The Morgan fingerprint density at radius 1 is 1.27 bits per heavy atom. The molecule has 0 amide bonds. The van der Waals surface area contributed by atoms with E-state index in [1.165, 1.54) is 6.92 Å². The number of hydrogen-bond donors (Lipinski definition) is 0. The number of rotatable bonds is 5. The van der Waals surface area contributed by atoms with Gasteiger partial charge in [0, 0.05) is 16.4 Å². The average Bonchev–Trinajstić information content (AvgIpc) is 2.93. The van der Waals surface area contributed by atoms with Gasteiger partial charge in [-0.15, -0.1) is 11.3 Å². The van der Waals surface area contributed by atoms with Crippen molar-refractivity contribution in [3.8, 4) is 11.5 Å². The normalized spacial score (nSPS) is 11.3. The molecule has 0 radical (unpaired) electrons. The standard InChI is InChI=1S/C17H21NO3S/c1-11(19)12-6-7-14(15(8-12)20-5)21-9-13-10-22-16(18-13)17(2,3)4/h6-8,10H,9H2,1-5H3. The zero-order chi connectivity index (χ0) is 16.3. The third kappa shape index (κ3) is 3.85. The number of nitrogens with zero attached hydrogens (tertiary/aromatic N) is 1. The summed E-state index contributed by atoms with van der Waals surface area (Å²) in [5, 5.41) is 3.10. The fraction of sp³-hybridized carbons (Fsp3) is 0.412. The van der Waals surface area contributed by atoms with E-state index >= 15 is 0 Å². The molecule has 1 aromatic heterocycles. The van der Waals surface area contributed by atoms with Crippen molar-refractivity contribution >= 4 is 17.1 Å². The van der Waals surface area contributed by atoms with E-state index in [4.69, 9.17) is 9.47 Å². The van der Waals surface area contributed by atoms with Crippen LogP contribution in [0.4, 0.5) is 0 Å². The molecular formula is C17H21NO3S. The summed E-state index contributed by atoms with van der Waals surface area (Å²) in [5.74, 6) is 1.16. The molecule has 2 aromatic rings. The Labute approximate surface area is 135 Å². The first-order valence-corrected chi connectivity index (χ1v) is 7.96. The average molecular weight is 319 g/mol. The first-order valence-electron chi connectivity index (χ1n) is 7.08. The molecule has 0 fully saturated rings. The first-order chi connectivity index (χ1) is 10.3. The number of methoxy groups -OCH3 is 1. The van der Waals surface area contributed by atoms with Gasteiger partial charge in [-0.2, -0.15) is 0 Å². The van der Waals surface area contributed by atoms with Crippen LogP contribution in [0, 0.1) is 0 Å². The number of benzene rings is 1. The molecule has 1 heterocycles. The zero-order valence-electron chi connectivity index (χ0n) is 13.6. The van der Waals surface area contributed by atoms with E-state index in [1.807, 2.05) is 5.38 Å². The molecule has 0 saturated heterocycles. The van der Waals surface area contributed by atoms with Crippen LogP contribution in [0.3, 0.4) is 0 Å². The maximum absolute atomic E-state index is 11.4. The molecule has 0 spiro atoms. The number of thiazole rings is 1. The van der Waals surface area contributed by atoms with Crippen LogP contribution in [0.5, 0.6) is 11.5 Å². The summed E-state index contributed by atoms with van der Waals surface area (Å²) < 4.78 is 11.1. The molecule has 118 valence electrons. The quantitative estimate of drug-likeness (QED) is 0.774. The summed E-state index contributed by atoms with van der Waals surface area (Å²) in [4.78, 5) is 16.0. The molecule has 0 bridgehead atoms. The molecule has 5 heteroatoms. The van der Waals surface area contributed by atoms with E-state index in [2.05, 4.69) is 25.8 Å². The molecule has 0 atom stereocenters. The molecule has 1 aromatic carbocycles. The minimum atomic E-state index is -0.000768. The van der Waals surface area contributed by atoms with Crippen LogP contribution in [0.2, 0.25) is 0 Å². The summed E-state index contributed by atoms with van der Waals surface area (Å²) in [6.45, 7) is 8.32. The van der Waals surface area contributed by atoms with Crippen molar-refractivity contribution < 1.29 is 14.3 Å². The fourth-order valence-electron chi connectivity index (χ4n) is 1.88. The van der Waals surface area contributed by atoms with Crippen molar-refractivity contribution in [3.05, 3.63) is 39.8 Å². The molecule has 0 aliphatic heterocycles. The van der Waals surface area contributed by atoms with E-state index in [9.17, 15) is 4.79 Å². The lowest BCUT2D eigenvalue weighted by Gasteiger charge is -2.13. The SMILES string of the molecule is COc1cc(C(C)=O)ccc1OCc1csc(C(C)(C)C)n1. The lowest BCUT2D eigenvalue weighted by atomic mass is 9.98. The van der Waals surface area contributed by atoms with Gasteiger partial charge in [-0.25, -0.2) is 4.98 Å². The highest BCUT2D eigenvalue weighted by Gasteiger charge is 2.18. The van der Waals surface area contributed by atoms with Gasteiger partial charge in [0.25, 0.3) is 0 Å². The summed E-state index contributed by atoms with van der Waals surface area (Å²) in [6, 6.07) is 5.19. The number of aromatic nitrogens is 1. The molecule has 0 unspecified atom stereocenters. The van der Waals surface area contributed by atoms with Gasteiger partial charge in [0.2, 0.25) is 0 Å². The number of carbonyl (C=O) groups is 1. The highest BCUT2D eigenvalue weighted by molar-refractivity contribution is 7.09. The predicted molar refractivity (Wildman–Crippen MR) is 88.1 cm³/mol. The monoisotopic (exact) mass is 319 g/mol. The Hall–Kier alpha value is -1.88. The second kappa shape index (κ2) is 6.48. The van der Waals surface area contributed by atoms with Crippen molar-refractivity contribution in [2.24, 2.45) is 0 Å². The Morgan fingerprint density at radius 2 is 2.00 bits per heavy atom. The summed E-state index contributed by atoms with van der Waals surface area (Å²) in [7, 11) is 1.56. The molecule has 4 nitrogen and oxygen atoms in total. The van der Waals surface area contributed by atoms with Crippen LogP contribution in [0.25, 0.3) is 0 Å². The van der Waals surface area contributed by atoms with Crippen LogP contribution in [-0.2, 0) is 12.0 Å². The van der Waals surface area contributed by atoms with Crippen molar-refractivity contribution in [3.63, 3.8) is 0 Å². The zero-order valence-corrected chi connectivity index (χ0v) is 14.4. The third-order valence-electron chi connectivity index (χ3n) is 3.14. The summed E-state index contributed by atoms with van der Waals surface area (Å²) >= 11 is 1.64. The van der Waals surface area contributed by atoms with E-state index in [-0.39, 0.29) is 11.2 Å². The maximum atomic E-state index is 11.4. The van der Waals surface area contributed by atoms with Gasteiger partial charge >= 0.3 is 0 Å². The first kappa shape index (κ1) is 16.5. The lowest BCUT2D eigenvalue weighted by Crippen LogP contribution is -2.10. The number of Topliss-reactive ketones (excluding diaryl/α,β-unsaturated/α-hetero) is 1. The van der Waals surface area contributed by atoms with Gasteiger partial charge in [0.15, 0.2) is 17.3 Å². The van der Waals surface area contributed by atoms with E-state index in [0.29, 0.717) is 23.7 Å². The molecule has 0 saturated carbocycles. The largest absolute Gasteiger partial charge is 0.493 e. The van der Waals surface area contributed by atoms with E-state index in [0.717, 1.165) is 10.7 Å². The van der Waals surface area contributed by atoms with E-state index < -0.39 is 0 Å². The predicted octanol–water partition coefficient (Wildman–Crippen LogP) is 4.23. The van der Waals surface area contributed by atoms with Gasteiger partial charge in [-0.3, -0.25) is 4.79 Å². The molecule has 0 N–H and O–H groups in total. The highest BCUT2D eigenvalue weighted by Crippen LogP contribution is 2.30. The van der Waals surface area contributed by atoms with Crippen molar-refractivity contribution in [2.45, 2.75) is 39.7 Å². The van der Waals surface area contributed by atoms with Crippen LogP contribution >= 0.6 is 11.3 Å². The lowest BCUT2D eigenvalue weighted by molar-refractivity contribution is 0.101. The molecule has 2 rings (SSSR count). The van der Waals surface area contributed by atoms with Crippen LogP contribution in [0.15, 0.2) is 23.6 Å². The molecule has 0 aliphatic rings. The van der Waals surface area contributed by atoms with Gasteiger partial charge in [0.05, 0.1) is 17.8 Å². The summed E-state index contributed by atoms with van der Waals surface area (Å²) in [5.41, 5.74) is 1.55. The Morgan fingerprint density at radius 3 is 2.55 bits per heavy atom. The fourth-order valence-corrected chi connectivity index (χ4v) is 2.77. The minimum Gasteiger partial charge on any atom is -0.493 e. The van der Waals surface area contributed by atoms with Gasteiger partial charge in [0.1, 0.15) is 6.61 Å². The van der Waals surface area contributed by atoms with Gasteiger partial charge in [-0.1, -0.05) is 20.8 Å². The Balaban J connectivity index is 2.11. The summed E-state index contributed by atoms with van der Waals surface area (Å²) in [6.07, 6.45) is 0. The minimum absolute atomic E-state index is 0.000768. The maximum Gasteiger partial charge on any atom is 0.161 e. The third-order valence-corrected chi connectivity index (χ3v) is 4.46. The van der Waals surface area contributed by atoms with Crippen molar-refractivity contribution in [2.75, 3.05) is 7.11 Å². The number of hydrogen-bond acceptors (Lipinski definition) is 5. The number of ether oxygens (including phenoxy) is 2. The van der Waals surface area contributed by atoms with Gasteiger partial charge in [-0.05, 0) is 25.1 Å². The molecule has 22 heavy (non-hydrogen) atoms. The second-order valence-corrected chi connectivity index (χ2v) is 6.96. The van der Waals surface area contributed by atoms with Gasteiger partial charge < -0.3 is 9.47 Å². The van der Waals surface area contributed by atoms with E-state index in [1.54, 1.807) is 36.6 Å². The number of ketones is 1. The highest BCUT2D eigenvalue weighted by atomic mass is 32.1. The molecular weight excluding hydrogens is 298 g/mol. The van der Waals surface area contributed by atoms with Crippen LogP contribution in [-0.4, -0.2) is 17.9 Å². The van der Waals surface area contributed by atoms with Crippen molar-refractivity contribution in [1.82, 2.24) is 4.98 Å². The second-order valence-electron chi connectivity index (χ2n) is 6.10. The smallest absolute Gasteiger partial charge is 0.161 e. The Bertz CT molecular complexity index is 671. The topological polar surface area (TPSA) is 48.4 Å².